The van der Waals surface area contributed by atoms with E-state index in [1.54, 1.807) is 5.32 Å². The monoisotopic (exact) mass is 348 g/mol. The van der Waals surface area contributed by atoms with Crippen LogP contribution in [-0.4, -0.2) is 42.7 Å². The van der Waals surface area contributed by atoms with E-state index in [4.69, 9.17) is 9.84 Å². The Bertz CT molecular complexity index is 631. The van der Waals surface area contributed by atoms with E-state index in [1.165, 1.54) is 19.2 Å². The predicted octanol–water partition coefficient (Wildman–Crippen LogP) is 1.54. The molecule has 2 amide bonds. The number of ether oxygens (including phenoxy) is 1. The van der Waals surface area contributed by atoms with E-state index in [0.717, 1.165) is 6.07 Å². The van der Waals surface area contributed by atoms with Gasteiger partial charge in [0.15, 0.2) is 0 Å². The molecule has 0 saturated carbocycles. The maximum absolute atomic E-state index is 12.0. The molecule has 10 heteroatoms. The number of amides is 2. The molecule has 0 spiro atoms. The van der Waals surface area contributed by atoms with Gasteiger partial charge in [0.2, 0.25) is 11.8 Å². The Balaban J connectivity index is 2.72. The van der Waals surface area contributed by atoms with Crippen LogP contribution in [0.3, 0.4) is 0 Å². The molecule has 3 N–H and O–H groups in total. The lowest BCUT2D eigenvalue weighted by Crippen LogP contribution is -2.35. The fraction of sp³-hybridized carbons (Fsp3) is 0.357. The Morgan fingerprint density at radius 1 is 1.17 bits per heavy atom. The number of methoxy groups -OCH3 is 1. The number of carbonyl (C=O) groups excluding carboxylic acids is 2. The van der Waals surface area contributed by atoms with E-state index < -0.39 is 36.9 Å². The number of aromatic carboxylic acids is 1. The third-order valence-electron chi connectivity index (χ3n) is 2.64. The summed E-state index contributed by atoms with van der Waals surface area (Å²) >= 11 is 0. The van der Waals surface area contributed by atoms with Gasteiger partial charge in [-0.2, -0.15) is 13.2 Å². The maximum Gasteiger partial charge on any atom is 0.405 e. The number of hydrogen-bond donors (Lipinski definition) is 3. The van der Waals surface area contributed by atoms with Gasteiger partial charge in [-0.3, -0.25) is 9.59 Å². The summed E-state index contributed by atoms with van der Waals surface area (Å²) < 4.78 is 40.7. The SMILES string of the molecule is COCc1cc(NC(=O)CC(=O)NCC(F)(F)F)cc(C(=O)O)c1. The first kappa shape index (κ1) is 19.4. The third-order valence-corrected chi connectivity index (χ3v) is 2.64. The second kappa shape index (κ2) is 8.29. The van der Waals surface area contributed by atoms with Crippen molar-refractivity contribution < 1.29 is 37.4 Å². The van der Waals surface area contributed by atoms with Crippen LogP contribution in [0.5, 0.6) is 0 Å². The summed E-state index contributed by atoms with van der Waals surface area (Å²) in [4.78, 5) is 33.9. The molecular weight excluding hydrogens is 333 g/mol. The van der Waals surface area contributed by atoms with Crippen molar-refractivity contribution >= 4 is 23.5 Å². The summed E-state index contributed by atoms with van der Waals surface area (Å²) in [5.41, 5.74) is 0.450. The van der Waals surface area contributed by atoms with Gasteiger partial charge in [-0.15, -0.1) is 0 Å². The van der Waals surface area contributed by atoms with Gasteiger partial charge in [-0.25, -0.2) is 4.79 Å². The van der Waals surface area contributed by atoms with Crippen LogP contribution in [0.4, 0.5) is 18.9 Å². The number of rotatable bonds is 7. The lowest BCUT2D eigenvalue weighted by atomic mass is 10.1. The van der Waals surface area contributed by atoms with E-state index in [1.807, 2.05) is 0 Å². The van der Waals surface area contributed by atoms with Crippen molar-refractivity contribution in [3.63, 3.8) is 0 Å². The van der Waals surface area contributed by atoms with Crippen LogP contribution in [0.25, 0.3) is 0 Å². The summed E-state index contributed by atoms with van der Waals surface area (Å²) in [6.07, 6.45) is -5.40. The number of carboxylic acids is 1. The minimum Gasteiger partial charge on any atom is -0.478 e. The molecule has 0 atom stereocenters. The molecule has 0 unspecified atom stereocenters. The number of carbonyl (C=O) groups is 3. The van der Waals surface area contributed by atoms with E-state index in [2.05, 4.69) is 5.32 Å². The summed E-state index contributed by atoms with van der Waals surface area (Å²) in [6, 6.07) is 3.94. The van der Waals surface area contributed by atoms with Crippen molar-refractivity contribution in [3.05, 3.63) is 29.3 Å². The van der Waals surface area contributed by atoms with Crippen LogP contribution in [-0.2, 0) is 20.9 Å². The van der Waals surface area contributed by atoms with Crippen molar-refractivity contribution in [1.29, 1.82) is 0 Å². The zero-order valence-corrected chi connectivity index (χ0v) is 12.6. The van der Waals surface area contributed by atoms with E-state index >= 15 is 0 Å². The summed E-state index contributed by atoms with van der Waals surface area (Å²) in [5, 5.41) is 12.8. The van der Waals surface area contributed by atoms with Gasteiger partial charge in [0.05, 0.1) is 12.2 Å². The molecule has 0 radical (unpaired) electrons. The molecule has 0 bridgehead atoms. The van der Waals surface area contributed by atoms with Crippen LogP contribution in [0, 0.1) is 0 Å². The summed E-state index contributed by atoms with van der Waals surface area (Å²) in [7, 11) is 1.40. The zero-order valence-electron chi connectivity index (χ0n) is 12.6. The Morgan fingerprint density at radius 2 is 1.83 bits per heavy atom. The Hall–Kier alpha value is -2.62. The topological polar surface area (TPSA) is 105 Å². The predicted molar refractivity (Wildman–Crippen MR) is 76.4 cm³/mol. The molecule has 1 aromatic carbocycles. The highest BCUT2D eigenvalue weighted by molar-refractivity contribution is 6.04. The molecule has 0 saturated heterocycles. The fourth-order valence-electron chi connectivity index (χ4n) is 1.75. The van der Waals surface area contributed by atoms with Crippen LogP contribution in [0.1, 0.15) is 22.3 Å². The van der Waals surface area contributed by atoms with Gasteiger partial charge in [-0.05, 0) is 23.8 Å². The number of benzene rings is 1. The number of nitrogens with one attached hydrogen (secondary N) is 2. The average molecular weight is 348 g/mol. The van der Waals surface area contributed by atoms with Gasteiger partial charge in [0.25, 0.3) is 0 Å². The van der Waals surface area contributed by atoms with E-state index in [0.29, 0.717) is 5.56 Å². The standard InChI is InChI=1S/C14H15F3N2O5/c1-24-6-8-2-9(13(22)23)4-10(3-8)19-12(21)5-11(20)18-7-14(15,16)17/h2-4H,5-7H2,1H3,(H,18,20)(H,19,21)(H,22,23). The zero-order chi connectivity index (χ0) is 18.3. The Labute approximate surface area is 134 Å². The number of hydrogen-bond acceptors (Lipinski definition) is 4. The third kappa shape index (κ3) is 7.09. The largest absolute Gasteiger partial charge is 0.478 e. The molecular formula is C14H15F3N2O5. The summed E-state index contributed by atoms with van der Waals surface area (Å²) in [5.74, 6) is -3.21. The molecule has 0 heterocycles. The molecule has 132 valence electrons. The van der Waals surface area contributed by atoms with Gasteiger partial charge >= 0.3 is 12.1 Å². The van der Waals surface area contributed by atoms with Crippen molar-refractivity contribution in [1.82, 2.24) is 5.32 Å². The minimum atomic E-state index is -4.57. The van der Waals surface area contributed by atoms with Crippen LogP contribution in [0.15, 0.2) is 18.2 Å². The fourth-order valence-corrected chi connectivity index (χ4v) is 1.75. The normalized spacial score (nSPS) is 11.0. The van der Waals surface area contributed by atoms with Gasteiger partial charge in [0, 0.05) is 12.8 Å². The maximum atomic E-state index is 12.0. The molecule has 0 fully saturated rings. The molecule has 24 heavy (non-hydrogen) atoms. The van der Waals surface area contributed by atoms with Crippen LogP contribution >= 0.6 is 0 Å². The molecule has 0 aromatic heterocycles. The number of anilines is 1. The van der Waals surface area contributed by atoms with Crippen molar-refractivity contribution in [2.45, 2.75) is 19.2 Å². The van der Waals surface area contributed by atoms with E-state index in [9.17, 15) is 27.6 Å². The van der Waals surface area contributed by atoms with Gasteiger partial charge < -0.3 is 20.5 Å². The van der Waals surface area contributed by atoms with Crippen molar-refractivity contribution in [2.24, 2.45) is 0 Å². The minimum absolute atomic E-state index is 0.0931. The molecule has 0 aliphatic rings. The number of halogens is 3. The molecule has 1 aromatic rings. The second-order valence-corrected chi connectivity index (χ2v) is 4.77. The molecule has 0 aliphatic carbocycles. The van der Waals surface area contributed by atoms with Crippen molar-refractivity contribution in [3.8, 4) is 0 Å². The first-order valence-electron chi connectivity index (χ1n) is 6.60. The summed E-state index contributed by atoms with van der Waals surface area (Å²) in [6.45, 7) is -1.44. The first-order chi connectivity index (χ1) is 11.1. The smallest absolute Gasteiger partial charge is 0.405 e. The lowest BCUT2D eigenvalue weighted by Gasteiger charge is -2.10. The van der Waals surface area contributed by atoms with Crippen LogP contribution in [0.2, 0.25) is 0 Å². The van der Waals surface area contributed by atoms with Gasteiger partial charge in [0.1, 0.15) is 13.0 Å². The quantitative estimate of drug-likeness (QED) is 0.648. The first-order valence-corrected chi connectivity index (χ1v) is 6.60. The Morgan fingerprint density at radius 3 is 2.38 bits per heavy atom. The highest BCUT2D eigenvalue weighted by atomic mass is 19.4. The van der Waals surface area contributed by atoms with E-state index in [-0.39, 0.29) is 17.9 Å². The second-order valence-electron chi connectivity index (χ2n) is 4.77. The van der Waals surface area contributed by atoms with Gasteiger partial charge in [-0.1, -0.05) is 0 Å². The van der Waals surface area contributed by atoms with Crippen LogP contribution < -0.4 is 10.6 Å². The average Bonchev–Trinajstić information content (AvgIpc) is 2.44. The number of carboxylic acid groups (broad SMARTS) is 1. The lowest BCUT2D eigenvalue weighted by molar-refractivity contribution is -0.140. The molecule has 1 rings (SSSR count). The Kier molecular flexibility index (Phi) is 6.71. The highest BCUT2D eigenvalue weighted by Gasteiger charge is 2.28. The highest BCUT2D eigenvalue weighted by Crippen LogP contribution is 2.17. The van der Waals surface area contributed by atoms with Crippen molar-refractivity contribution in [2.75, 3.05) is 19.0 Å². The molecule has 0 aliphatic heterocycles. The molecule has 7 nitrogen and oxygen atoms in total. The number of alkyl halides is 3.